The highest BCUT2D eigenvalue weighted by molar-refractivity contribution is 6.25. The molecule has 0 spiro atoms. The predicted molar refractivity (Wildman–Crippen MR) is 243 cm³/mol. The van der Waals surface area contributed by atoms with E-state index in [0.717, 1.165) is 17.1 Å². The lowest BCUT2D eigenvalue weighted by Gasteiger charge is -2.26. The Morgan fingerprint density at radius 1 is 0.228 bits per heavy atom. The molecule has 10 aromatic rings. The minimum absolute atomic E-state index is 1.10. The fourth-order valence-corrected chi connectivity index (χ4v) is 8.42. The minimum Gasteiger partial charge on any atom is -0.310 e. The maximum Gasteiger partial charge on any atom is 0.0467 e. The van der Waals surface area contributed by atoms with Crippen LogP contribution in [0.1, 0.15) is 0 Å². The van der Waals surface area contributed by atoms with Gasteiger partial charge in [0, 0.05) is 17.1 Å². The van der Waals surface area contributed by atoms with Crippen LogP contribution in [-0.2, 0) is 0 Å². The molecule has 0 radical (unpaired) electrons. The van der Waals surface area contributed by atoms with Gasteiger partial charge in [-0.15, -0.1) is 0 Å². The van der Waals surface area contributed by atoms with Crippen LogP contribution in [0.4, 0.5) is 17.1 Å². The van der Waals surface area contributed by atoms with Crippen molar-refractivity contribution in [2.75, 3.05) is 4.90 Å². The molecule has 0 fully saturated rings. The van der Waals surface area contributed by atoms with Crippen molar-refractivity contribution in [3.63, 3.8) is 0 Å². The normalized spacial score (nSPS) is 11.2. The van der Waals surface area contributed by atoms with Gasteiger partial charge in [-0.05, 0) is 114 Å². The molecule has 0 heterocycles. The van der Waals surface area contributed by atoms with Gasteiger partial charge in [-0.3, -0.25) is 0 Å². The van der Waals surface area contributed by atoms with Gasteiger partial charge in [0.1, 0.15) is 0 Å². The van der Waals surface area contributed by atoms with Crippen LogP contribution in [0.5, 0.6) is 0 Å². The van der Waals surface area contributed by atoms with Crippen molar-refractivity contribution < 1.29 is 0 Å². The van der Waals surface area contributed by atoms with Crippen LogP contribution in [0, 0.1) is 0 Å². The minimum atomic E-state index is 1.10. The van der Waals surface area contributed by atoms with Gasteiger partial charge in [-0.2, -0.15) is 0 Å². The first kappa shape index (κ1) is 34.0. The van der Waals surface area contributed by atoms with E-state index in [1.807, 2.05) is 0 Å². The molecule has 0 aromatic heterocycles. The van der Waals surface area contributed by atoms with Crippen LogP contribution in [0.25, 0.3) is 77.2 Å². The molecule has 0 aliphatic rings. The van der Waals surface area contributed by atoms with Crippen molar-refractivity contribution in [2.45, 2.75) is 0 Å². The molecule has 57 heavy (non-hydrogen) atoms. The average molecular weight is 726 g/mol. The number of rotatable bonds is 8. The zero-order valence-corrected chi connectivity index (χ0v) is 31.5. The van der Waals surface area contributed by atoms with Crippen LogP contribution in [-0.4, -0.2) is 0 Å². The number of benzene rings is 10. The van der Waals surface area contributed by atoms with E-state index in [1.54, 1.807) is 0 Å². The number of anilines is 3. The summed E-state index contributed by atoms with van der Waals surface area (Å²) in [6.07, 6.45) is 0. The Kier molecular flexibility index (Phi) is 8.95. The van der Waals surface area contributed by atoms with Gasteiger partial charge >= 0.3 is 0 Å². The van der Waals surface area contributed by atoms with Crippen molar-refractivity contribution in [1.82, 2.24) is 0 Å². The van der Waals surface area contributed by atoms with Gasteiger partial charge in [0.25, 0.3) is 0 Å². The van der Waals surface area contributed by atoms with Gasteiger partial charge in [-0.1, -0.05) is 200 Å². The third-order valence-corrected chi connectivity index (χ3v) is 11.1. The van der Waals surface area contributed by atoms with Crippen molar-refractivity contribution in [2.24, 2.45) is 0 Å². The van der Waals surface area contributed by atoms with Gasteiger partial charge in [0.2, 0.25) is 0 Å². The van der Waals surface area contributed by atoms with E-state index in [1.165, 1.54) is 77.2 Å². The third-order valence-electron chi connectivity index (χ3n) is 11.1. The average Bonchev–Trinajstić information content (AvgIpc) is 3.30. The summed E-state index contributed by atoms with van der Waals surface area (Å²) in [6.45, 7) is 0. The Balaban J connectivity index is 1.14. The quantitative estimate of drug-likeness (QED) is 0.141. The Bertz CT molecular complexity index is 2950. The van der Waals surface area contributed by atoms with E-state index in [2.05, 4.69) is 241 Å². The Labute approximate surface area is 334 Å². The number of fused-ring (bicyclic) bond motifs is 3. The highest BCUT2D eigenvalue weighted by Crippen LogP contribution is 2.47. The fraction of sp³-hybridized carbons (Fsp3) is 0. The van der Waals surface area contributed by atoms with Crippen molar-refractivity contribution in [3.8, 4) is 55.6 Å². The van der Waals surface area contributed by atoms with Gasteiger partial charge < -0.3 is 4.90 Å². The maximum absolute atomic E-state index is 2.36. The topological polar surface area (TPSA) is 3.24 Å². The van der Waals surface area contributed by atoms with Crippen molar-refractivity contribution in [3.05, 3.63) is 237 Å². The molecule has 0 saturated carbocycles. The lowest BCUT2D eigenvalue weighted by atomic mass is 9.83. The summed E-state index contributed by atoms with van der Waals surface area (Å²) in [5.74, 6) is 0. The highest BCUT2D eigenvalue weighted by atomic mass is 15.1. The standard InChI is InChI=1S/C56H39N/c1-5-17-40(18-6-1)42-31-35-47(36-32-42)57(49-26-15-25-46(39-49)41-19-7-2-8-20-41)48-37-33-43(34-38-48)50-29-16-30-53-55(45-23-11-4-12-24-45)54(44-21-9-3-10-22-44)51-27-13-14-28-52(51)56(50)53/h1-39H. The highest BCUT2D eigenvalue weighted by Gasteiger charge is 2.20. The van der Waals surface area contributed by atoms with Crippen LogP contribution >= 0.6 is 0 Å². The van der Waals surface area contributed by atoms with Gasteiger partial charge in [0.15, 0.2) is 0 Å². The second kappa shape index (κ2) is 15.0. The first-order valence-corrected chi connectivity index (χ1v) is 19.6. The molecule has 1 nitrogen and oxygen atoms in total. The predicted octanol–water partition coefficient (Wildman–Crippen LogP) is 15.8. The summed E-state index contributed by atoms with van der Waals surface area (Å²) >= 11 is 0. The van der Waals surface area contributed by atoms with Crippen LogP contribution in [0.3, 0.4) is 0 Å². The zero-order valence-electron chi connectivity index (χ0n) is 31.5. The van der Waals surface area contributed by atoms with E-state index in [9.17, 15) is 0 Å². The molecule has 0 unspecified atom stereocenters. The number of nitrogens with zero attached hydrogens (tertiary/aromatic N) is 1. The first-order valence-electron chi connectivity index (χ1n) is 19.6. The maximum atomic E-state index is 2.36. The van der Waals surface area contributed by atoms with E-state index in [-0.39, 0.29) is 0 Å². The molecule has 0 aliphatic heterocycles. The smallest absolute Gasteiger partial charge is 0.0467 e. The zero-order chi connectivity index (χ0) is 38.0. The molecule has 0 bridgehead atoms. The molecule has 0 saturated heterocycles. The summed E-state index contributed by atoms with van der Waals surface area (Å²) in [7, 11) is 0. The largest absolute Gasteiger partial charge is 0.310 e. The SMILES string of the molecule is c1ccc(-c2ccc(N(c3ccc(-c4cccc5c(-c6ccccc6)c(-c6ccccc6)c6ccccc6c45)cc3)c3cccc(-c4ccccc4)c3)cc2)cc1. The second-order valence-corrected chi connectivity index (χ2v) is 14.5. The van der Waals surface area contributed by atoms with E-state index < -0.39 is 0 Å². The monoisotopic (exact) mass is 725 g/mol. The van der Waals surface area contributed by atoms with Crippen molar-refractivity contribution >= 4 is 38.6 Å². The molecule has 0 atom stereocenters. The Hall–Kier alpha value is -7.48. The number of hydrogen-bond acceptors (Lipinski definition) is 1. The third kappa shape index (κ3) is 6.46. The lowest BCUT2D eigenvalue weighted by Crippen LogP contribution is -2.10. The van der Waals surface area contributed by atoms with Crippen LogP contribution in [0.15, 0.2) is 237 Å². The molecule has 10 aromatic carbocycles. The van der Waals surface area contributed by atoms with E-state index >= 15 is 0 Å². The van der Waals surface area contributed by atoms with Gasteiger partial charge in [0.05, 0.1) is 0 Å². The van der Waals surface area contributed by atoms with E-state index in [0.29, 0.717) is 0 Å². The number of hydrogen-bond donors (Lipinski definition) is 0. The van der Waals surface area contributed by atoms with Crippen LogP contribution in [0.2, 0.25) is 0 Å². The molecular weight excluding hydrogens is 687 g/mol. The first-order chi connectivity index (χ1) is 28.3. The molecule has 0 amide bonds. The van der Waals surface area contributed by atoms with Crippen LogP contribution < -0.4 is 4.90 Å². The summed E-state index contributed by atoms with van der Waals surface area (Å²) in [5.41, 5.74) is 15.4. The summed E-state index contributed by atoms with van der Waals surface area (Å²) in [6, 6.07) is 85.5. The van der Waals surface area contributed by atoms with Crippen molar-refractivity contribution in [1.29, 1.82) is 0 Å². The lowest BCUT2D eigenvalue weighted by molar-refractivity contribution is 1.28. The Morgan fingerprint density at radius 2 is 0.632 bits per heavy atom. The summed E-state index contributed by atoms with van der Waals surface area (Å²) in [5, 5.41) is 5.02. The second-order valence-electron chi connectivity index (χ2n) is 14.5. The Morgan fingerprint density at radius 3 is 1.21 bits per heavy atom. The summed E-state index contributed by atoms with van der Waals surface area (Å²) in [4.78, 5) is 2.36. The molecule has 1 heteroatoms. The molecule has 10 rings (SSSR count). The summed E-state index contributed by atoms with van der Waals surface area (Å²) < 4.78 is 0. The van der Waals surface area contributed by atoms with Gasteiger partial charge in [-0.25, -0.2) is 0 Å². The molecular formula is C56H39N. The molecule has 0 N–H and O–H groups in total. The molecule has 0 aliphatic carbocycles. The molecule has 268 valence electrons. The fourth-order valence-electron chi connectivity index (χ4n) is 8.42. The van der Waals surface area contributed by atoms with E-state index in [4.69, 9.17) is 0 Å².